The van der Waals surface area contributed by atoms with E-state index in [2.05, 4.69) is 5.32 Å². The molecule has 4 nitrogen and oxygen atoms in total. The molecule has 2 aromatic rings. The van der Waals surface area contributed by atoms with Gasteiger partial charge in [0.1, 0.15) is 6.04 Å². The van der Waals surface area contributed by atoms with Gasteiger partial charge < -0.3 is 10.4 Å². The van der Waals surface area contributed by atoms with Gasteiger partial charge in [-0.25, -0.2) is 4.79 Å². The van der Waals surface area contributed by atoms with Crippen molar-refractivity contribution in [3.63, 3.8) is 0 Å². The largest absolute Gasteiger partial charge is 0.480 e. The monoisotopic (exact) mass is 263 g/mol. The summed E-state index contributed by atoms with van der Waals surface area (Å²) in [5.41, 5.74) is 0. The van der Waals surface area contributed by atoms with Gasteiger partial charge in [-0.1, -0.05) is 25.1 Å². The van der Waals surface area contributed by atoms with Crippen LogP contribution in [0.3, 0.4) is 0 Å². The van der Waals surface area contributed by atoms with Crippen LogP contribution in [0, 0.1) is 0 Å². The number of carboxylic acids is 1. The number of fused-ring (bicyclic) bond motifs is 1. The van der Waals surface area contributed by atoms with E-state index >= 15 is 0 Å². The third-order valence-corrected chi connectivity index (χ3v) is 3.78. The van der Waals surface area contributed by atoms with Crippen LogP contribution in [-0.4, -0.2) is 23.0 Å². The van der Waals surface area contributed by atoms with Crippen LogP contribution in [-0.2, 0) is 4.79 Å². The highest BCUT2D eigenvalue weighted by atomic mass is 32.1. The lowest BCUT2D eigenvalue weighted by Gasteiger charge is -2.10. The van der Waals surface area contributed by atoms with Crippen LogP contribution in [0.4, 0.5) is 0 Å². The van der Waals surface area contributed by atoms with Gasteiger partial charge in [-0.05, 0) is 23.9 Å². The lowest BCUT2D eigenvalue weighted by Crippen LogP contribution is -2.39. The third kappa shape index (κ3) is 2.51. The maximum Gasteiger partial charge on any atom is 0.326 e. The van der Waals surface area contributed by atoms with Crippen LogP contribution in [0.1, 0.15) is 23.0 Å². The number of carbonyl (C=O) groups excluding carboxylic acids is 1. The number of benzene rings is 1. The quantitative estimate of drug-likeness (QED) is 0.890. The second kappa shape index (κ2) is 5.18. The van der Waals surface area contributed by atoms with Gasteiger partial charge in [0.25, 0.3) is 5.91 Å². The van der Waals surface area contributed by atoms with E-state index in [4.69, 9.17) is 5.11 Å². The zero-order chi connectivity index (χ0) is 13.1. The number of carbonyl (C=O) groups is 2. The average molecular weight is 263 g/mol. The summed E-state index contributed by atoms with van der Waals surface area (Å²) in [6.07, 6.45) is 0.367. The fraction of sp³-hybridized carbons (Fsp3) is 0.231. The molecule has 0 radical (unpaired) electrons. The summed E-state index contributed by atoms with van der Waals surface area (Å²) in [5, 5.41) is 12.4. The summed E-state index contributed by atoms with van der Waals surface area (Å²) in [6.45, 7) is 1.73. The Kier molecular flexibility index (Phi) is 3.62. The number of amides is 1. The van der Waals surface area contributed by atoms with E-state index in [0.29, 0.717) is 11.3 Å². The lowest BCUT2D eigenvalue weighted by molar-refractivity contribution is -0.139. The Bertz CT molecular complexity index is 558. The smallest absolute Gasteiger partial charge is 0.326 e. The number of rotatable bonds is 4. The molecular weight excluding hydrogens is 250 g/mol. The Labute approximate surface area is 108 Å². The SMILES string of the molecule is CC[C@@H](NC(=O)c1cc2ccccc2s1)C(=O)O. The summed E-state index contributed by atoms with van der Waals surface area (Å²) in [6, 6.07) is 8.63. The zero-order valence-electron chi connectivity index (χ0n) is 9.84. The van der Waals surface area contributed by atoms with E-state index in [-0.39, 0.29) is 5.91 Å². The summed E-state index contributed by atoms with van der Waals surface area (Å²) >= 11 is 1.36. The van der Waals surface area contributed by atoms with Gasteiger partial charge in [-0.15, -0.1) is 11.3 Å². The van der Waals surface area contributed by atoms with E-state index in [0.717, 1.165) is 10.1 Å². The first kappa shape index (κ1) is 12.6. The van der Waals surface area contributed by atoms with E-state index < -0.39 is 12.0 Å². The first-order chi connectivity index (χ1) is 8.61. The predicted octanol–water partition coefficient (Wildman–Crippen LogP) is 2.49. The molecule has 1 heterocycles. The van der Waals surface area contributed by atoms with Crippen LogP contribution < -0.4 is 5.32 Å². The van der Waals surface area contributed by atoms with Crippen molar-refractivity contribution in [3.8, 4) is 0 Å². The van der Waals surface area contributed by atoms with E-state index in [1.807, 2.05) is 24.3 Å². The third-order valence-electron chi connectivity index (χ3n) is 2.66. The topological polar surface area (TPSA) is 66.4 Å². The first-order valence-corrected chi connectivity index (χ1v) is 6.45. The molecule has 0 aliphatic heterocycles. The molecule has 0 saturated carbocycles. The van der Waals surface area contributed by atoms with Gasteiger partial charge in [0, 0.05) is 4.70 Å². The summed E-state index contributed by atoms with van der Waals surface area (Å²) in [7, 11) is 0. The maximum atomic E-state index is 11.9. The van der Waals surface area contributed by atoms with Gasteiger partial charge in [-0.2, -0.15) is 0 Å². The molecule has 0 aliphatic rings. The highest BCUT2D eigenvalue weighted by molar-refractivity contribution is 7.20. The molecule has 94 valence electrons. The second-order valence-electron chi connectivity index (χ2n) is 3.92. The van der Waals surface area contributed by atoms with E-state index in [1.165, 1.54) is 11.3 Å². The molecule has 1 amide bonds. The van der Waals surface area contributed by atoms with Crippen LogP contribution in [0.25, 0.3) is 10.1 Å². The van der Waals surface area contributed by atoms with Gasteiger partial charge >= 0.3 is 5.97 Å². The van der Waals surface area contributed by atoms with Crippen LogP contribution >= 0.6 is 11.3 Å². The van der Waals surface area contributed by atoms with Crippen molar-refractivity contribution in [3.05, 3.63) is 35.2 Å². The van der Waals surface area contributed by atoms with E-state index in [9.17, 15) is 9.59 Å². The fourth-order valence-electron chi connectivity index (χ4n) is 1.66. The van der Waals surface area contributed by atoms with Crippen molar-refractivity contribution in [2.75, 3.05) is 0 Å². The van der Waals surface area contributed by atoms with Gasteiger partial charge in [0.05, 0.1) is 4.88 Å². The molecule has 0 aliphatic carbocycles. The normalized spacial score (nSPS) is 12.3. The molecule has 1 aromatic carbocycles. The Hall–Kier alpha value is -1.88. The number of hydrogen-bond donors (Lipinski definition) is 2. The predicted molar refractivity (Wildman–Crippen MR) is 71.0 cm³/mol. The molecule has 0 fully saturated rings. The van der Waals surface area contributed by atoms with Crippen molar-refractivity contribution in [1.82, 2.24) is 5.32 Å². The van der Waals surface area contributed by atoms with Crippen LogP contribution in [0.2, 0.25) is 0 Å². The van der Waals surface area contributed by atoms with Crippen LogP contribution in [0.15, 0.2) is 30.3 Å². The zero-order valence-corrected chi connectivity index (χ0v) is 10.7. The van der Waals surface area contributed by atoms with Gasteiger partial charge in [-0.3, -0.25) is 4.79 Å². The van der Waals surface area contributed by atoms with Crippen molar-refractivity contribution in [2.45, 2.75) is 19.4 Å². The van der Waals surface area contributed by atoms with Crippen molar-refractivity contribution in [1.29, 1.82) is 0 Å². The van der Waals surface area contributed by atoms with Crippen LogP contribution in [0.5, 0.6) is 0 Å². The minimum absolute atomic E-state index is 0.328. The Morgan fingerprint density at radius 3 is 2.72 bits per heavy atom. The first-order valence-electron chi connectivity index (χ1n) is 5.64. The number of thiophene rings is 1. The molecule has 18 heavy (non-hydrogen) atoms. The highest BCUT2D eigenvalue weighted by Gasteiger charge is 2.19. The van der Waals surface area contributed by atoms with E-state index in [1.54, 1.807) is 13.0 Å². The summed E-state index contributed by atoms with van der Waals surface area (Å²) in [4.78, 5) is 23.3. The van der Waals surface area contributed by atoms with Gasteiger partial charge in [0.2, 0.25) is 0 Å². The number of carboxylic acid groups (broad SMARTS) is 1. The number of nitrogens with one attached hydrogen (secondary N) is 1. The fourth-order valence-corrected chi connectivity index (χ4v) is 2.63. The van der Waals surface area contributed by atoms with Crippen molar-refractivity contribution >= 4 is 33.3 Å². The number of hydrogen-bond acceptors (Lipinski definition) is 3. The highest BCUT2D eigenvalue weighted by Crippen LogP contribution is 2.25. The Morgan fingerprint density at radius 1 is 1.39 bits per heavy atom. The Balaban J connectivity index is 2.20. The summed E-state index contributed by atoms with van der Waals surface area (Å²) in [5.74, 6) is -1.34. The molecule has 1 aromatic heterocycles. The molecule has 0 unspecified atom stereocenters. The molecule has 5 heteroatoms. The lowest BCUT2D eigenvalue weighted by atomic mass is 10.2. The second-order valence-corrected chi connectivity index (χ2v) is 5.00. The minimum Gasteiger partial charge on any atom is -0.480 e. The maximum absolute atomic E-state index is 11.9. The number of aliphatic carboxylic acids is 1. The molecule has 2 rings (SSSR count). The minimum atomic E-state index is -1.01. The Morgan fingerprint density at radius 2 is 2.11 bits per heavy atom. The molecule has 0 spiro atoms. The molecule has 1 atom stereocenters. The van der Waals surface area contributed by atoms with Gasteiger partial charge in [0.15, 0.2) is 0 Å². The molecular formula is C13H13NO3S. The van der Waals surface area contributed by atoms with Crippen molar-refractivity contribution < 1.29 is 14.7 Å². The molecule has 0 bridgehead atoms. The average Bonchev–Trinajstić information content (AvgIpc) is 2.79. The molecule has 0 saturated heterocycles. The van der Waals surface area contributed by atoms with Crippen molar-refractivity contribution in [2.24, 2.45) is 0 Å². The molecule has 2 N–H and O–H groups in total. The summed E-state index contributed by atoms with van der Waals surface area (Å²) < 4.78 is 1.02. The standard InChI is InChI=1S/C13H13NO3S/c1-2-9(13(16)17)14-12(15)11-7-8-5-3-4-6-10(8)18-11/h3-7,9H,2H2,1H3,(H,14,15)(H,16,17)/t9-/m1/s1.